The molecule has 2 N–H and O–H groups in total. The van der Waals surface area contributed by atoms with Gasteiger partial charge in [-0.3, -0.25) is 0 Å². The van der Waals surface area contributed by atoms with Crippen LogP contribution >= 0.6 is 0 Å². The zero-order chi connectivity index (χ0) is 12.2. The fraction of sp³-hybridized carbons (Fsp3) is 0.0833. The maximum atomic E-state index is 11.2. The molecule has 1 aromatic carbocycles. The Labute approximate surface area is 94.5 Å². The van der Waals surface area contributed by atoms with Crippen LogP contribution in [0.25, 0.3) is 22.1 Å². The Morgan fingerprint density at radius 1 is 1.18 bits per heavy atom. The summed E-state index contributed by atoms with van der Waals surface area (Å²) in [6, 6.07) is 4.31. The van der Waals surface area contributed by atoms with Crippen molar-refractivity contribution in [3.05, 3.63) is 34.2 Å². The van der Waals surface area contributed by atoms with Crippen molar-refractivity contribution in [2.45, 2.75) is 6.92 Å². The first-order chi connectivity index (χ1) is 8.08. The summed E-state index contributed by atoms with van der Waals surface area (Å²) in [5.74, 6) is -0.594. The van der Waals surface area contributed by atoms with Gasteiger partial charge in [-0.15, -0.1) is 0 Å². The Morgan fingerprint density at radius 2 is 1.94 bits per heavy atom. The molecule has 0 saturated heterocycles. The highest BCUT2D eigenvalue weighted by Crippen LogP contribution is 2.39. The molecule has 0 spiro atoms. The van der Waals surface area contributed by atoms with E-state index in [-0.39, 0.29) is 22.9 Å². The molecule has 0 radical (unpaired) electrons. The van der Waals surface area contributed by atoms with Crippen molar-refractivity contribution in [1.82, 2.24) is 0 Å². The summed E-state index contributed by atoms with van der Waals surface area (Å²) in [4.78, 5) is 11.2. The van der Waals surface area contributed by atoms with Crippen LogP contribution in [0, 0.1) is 6.92 Å². The lowest BCUT2D eigenvalue weighted by Gasteiger charge is -1.96. The van der Waals surface area contributed by atoms with Crippen molar-refractivity contribution < 1.29 is 19.0 Å². The van der Waals surface area contributed by atoms with Crippen LogP contribution < -0.4 is 5.63 Å². The van der Waals surface area contributed by atoms with E-state index in [0.717, 1.165) is 0 Å². The van der Waals surface area contributed by atoms with Gasteiger partial charge in [0.05, 0.1) is 5.39 Å². The predicted octanol–water partition coefficient (Wildman–Crippen LogP) is 2.26. The van der Waals surface area contributed by atoms with Gasteiger partial charge in [0, 0.05) is 11.5 Å². The number of hydrogen-bond acceptors (Lipinski definition) is 5. The van der Waals surface area contributed by atoms with Crippen molar-refractivity contribution in [3.8, 4) is 11.5 Å². The van der Waals surface area contributed by atoms with Crippen molar-refractivity contribution in [2.24, 2.45) is 0 Å². The predicted molar refractivity (Wildman–Crippen MR) is 60.3 cm³/mol. The van der Waals surface area contributed by atoms with Crippen LogP contribution in [-0.4, -0.2) is 10.2 Å². The Hall–Kier alpha value is -2.43. The molecule has 0 aliphatic carbocycles. The monoisotopic (exact) mass is 232 g/mol. The number of benzene rings is 1. The van der Waals surface area contributed by atoms with Crippen LogP contribution in [0.2, 0.25) is 0 Å². The first-order valence-electron chi connectivity index (χ1n) is 4.96. The molecule has 5 nitrogen and oxygen atoms in total. The minimum absolute atomic E-state index is 0.0471. The summed E-state index contributed by atoms with van der Waals surface area (Å²) in [6.07, 6.45) is 0. The topological polar surface area (TPSA) is 83.8 Å². The van der Waals surface area contributed by atoms with Crippen LogP contribution in [0.3, 0.4) is 0 Å². The Balaban J connectivity index is 2.64. The number of aryl methyl sites for hydroxylation is 1. The molecule has 0 unspecified atom stereocenters. The van der Waals surface area contributed by atoms with Gasteiger partial charge in [0.1, 0.15) is 0 Å². The van der Waals surface area contributed by atoms with Crippen molar-refractivity contribution in [2.75, 3.05) is 0 Å². The average molecular weight is 232 g/mol. The van der Waals surface area contributed by atoms with Crippen LogP contribution in [0.1, 0.15) is 5.56 Å². The molecule has 2 aromatic heterocycles. The minimum Gasteiger partial charge on any atom is -0.504 e. The van der Waals surface area contributed by atoms with Crippen LogP contribution in [0.15, 0.2) is 31.8 Å². The molecule has 0 atom stereocenters. The first kappa shape index (κ1) is 9.77. The maximum Gasteiger partial charge on any atom is 0.338 e. The molecule has 0 amide bonds. The highest BCUT2D eigenvalue weighted by Gasteiger charge is 2.17. The molecule has 0 fully saturated rings. The average Bonchev–Trinajstić information content (AvgIpc) is 2.62. The third-order valence-corrected chi connectivity index (χ3v) is 2.70. The smallest absolute Gasteiger partial charge is 0.338 e. The lowest BCUT2D eigenvalue weighted by atomic mass is 10.1. The van der Waals surface area contributed by atoms with E-state index in [1.165, 1.54) is 12.1 Å². The van der Waals surface area contributed by atoms with E-state index in [1.54, 1.807) is 13.0 Å². The van der Waals surface area contributed by atoms with E-state index in [0.29, 0.717) is 16.3 Å². The summed E-state index contributed by atoms with van der Waals surface area (Å²) in [5.41, 5.74) is 0.287. The van der Waals surface area contributed by atoms with E-state index in [4.69, 9.17) is 8.83 Å². The Kier molecular flexibility index (Phi) is 1.75. The van der Waals surface area contributed by atoms with E-state index >= 15 is 0 Å². The Bertz CT molecular complexity index is 794. The first-order valence-corrected chi connectivity index (χ1v) is 4.96. The molecule has 2 heterocycles. The molecule has 0 aliphatic rings. The third kappa shape index (κ3) is 1.22. The summed E-state index contributed by atoms with van der Waals surface area (Å²) >= 11 is 0. The van der Waals surface area contributed by atoms with Crippen molar-refractivity contribution in [3.63, 3.8) is 0 Å². The number of rotatable bonds is 0. The van der Waals surface area contributed by atoms with E-state index in [2.05, 4.69) is 0 Å². The molecule has 86 valence electrons. The second kappa shape index (κ2) is 3.04. The molecule has 0 bridgehead atoms. The standard InChI is InChI=1S/C12H8O5/c1-5-4-8(14)16-12-9(5)6-2-3-7(13)10(15)11(6)17-12/h2-4,13,15H,1H3. The summed E-state index contributed by atoms with van der Waals surface area (Å²) in [5, 5.41) is 20.2. The van der Waals surface area contributed by atoms with Crippen LogP contribution in [-0.2, 0) is 0 Å². The second-order valence-electron chi connectivity index (χ2n) is 3.82. The van der Waals surface area contributed by atoms with Crippen molar-refractivity contribution in [1.29, 1.82) is 0 Å². The largest absolute Gasteiger partial charge is 0.504 e. The van der Waals surface area contributed by atoms with Gasteiger partial charge < -0.3 is 19.0 Å². The lowest BCUT2D eigenvalue weighted by Crippen LogP contribution is -1.96. The third-order valence-electron chi connectivity index (χ3n) is 2.70. The second-order valence-corrected chi connectivity index (χ2v) is 3.82. The summed E-state index contributed by atoms with van der Waals surface area (Å²) in [6.45, 7) is 1.75. The van der Waals surface area contributed by atoms with Crippen LogP contribution in [0.5, 0.6) is 11.5 Å². The van der Waals surface area contributed by atoms with Gasteiger partial charge in [-0.2, -0.15) is 0 Å². The molecular weight excluding hydrogens is 224 g/mol. The normalized spacial score (nSPS) is 11.4. The number of fused-ring (bicyclic) bond motifs is 3. The molecule has 5 heteroatoms. The van der Waals surface area contributed by atoms with Crippen LogP contribution in [0.4, 0.5) is 0 Å². The fourth-order valence-electron chi connectivity index (χ4n) is 1.93. The van der Waals surface area contributed by atoms with Gasteiger partial charge in [-0.05, 0) is 24.6 Å². The molecule has 3 aromatic rings. The van der Waals surface area contributed by atoms with Gasteiger partial charge in [0.15, 0.2) is 11.3 Å². The zero-order valence-corrected chi connectivity index (χ0v) is 8.85. The summed E-state index contributed by atoms with van der Waals surface area (Å²) in [7, 11) is 0. The van der Waals surface area contributed by atoms with Gasteiger partial charge >= 0.3 is 11.4 Å². The lowest BCUT2D eigenvalue weighted by molar-refractivity contribution is 0.397. The van der Waals surface area contributed by atoms with E-state index in [1.807, 2.05) is 0 Å². The fourth-order valence-corrected chi connectivity index (χ4v) is 1.93. The molecule has 17 heavy (non-hydrogen) atoms. The number of furan rings is 1. The maximum absolute atomic E-state index is 11.2. The Morgan fingerprint density at radius 3 is 2.71 bits per heavy atom. The molecule has 3 rings (SSSR count). The quantitative estimate of drug-likeness (QED) is 0.581. The molecule has 0 aliphatic heterocycles. The number of aromatic hydroxyl groups is 2. The van der Waals surface area contributed by atoms with E-state index < -0.39 is 5.63 Å². The number of phenolic OH excluding ortho intramolecular Hbond substituents is 2. The highest BCUT2D eigenvalue weighted by atomic mass is 16.5. The SMILES string of the molecule is Cc1cc(=O)oc2oc3c(O)c(O)ccc3c12. The molecular formula is C12H8O5. The number of hydrogen-bond donors (Lipinski definition) is 2. The highest BCUT2D eigenvalue weighted by molar-refractivity contribution is 6.07. The van der Waals surface area contributed by atoms with Gasteiger partial charge in [0.2, 0.25) is 5.75 Å². The molecule has 0 saturated carbocycles. The van der Waals surface area contributed by atoms with E-state index in [9.17, 15) is 15.0 Å². The van der Waals surface area contributed by atoms with Gasteiger partial charge in [0.25, 0.3) is 0 Å². The number of phenols is 2. The van der Waals surface area contributed by atoms with Gasteiger partial charge in [-0.25, -0.2) is 4.79 Å². The zero-order valence-electron chi connectivity index (χ0n) is 8.85. The minimum atomic E-state index is -0.516. The van der Waals surface area contributed by atoms with Crippen molar-refractivity contribution >= 4 is 22.1 Å². The summed E-state index contributed by atoms with van der Waals surface area (Å²) < 4.78 is 10.2. The van der Waals surface area contributed by atoms with Gasteiger partial charge in [-0.1, -0.05) is 0 Å².